The minimum absolute atomic E-state index is 0.0620. The highest BCUT2D eigenvalue weighted by Crippen LogP contribution is 2.37. The van der Waals surface area contributed by atoms with Gasteiger partial charge in [-0.3, -0.25) is 9.59 Å². The monoisotopic (exact) mass is 672 g/mol. The van der Waals surface area contributed by atoms with Crippen molar-refractivity contribution in [2.45, 2.75) is 57.6 Å². The summed E-state index contributed by atoms with van der Waals surface area (Å²) in [4.78, 5) is 27.9. The Morgan fingerprint density at radius 2 is 1.90 bits per heavy atom. The summed E-state index contributed by atoms with van der Waals surface area (Å²) in [6.07, 6.45) is 0.360. The number of methoxy groups -OCH3 is 1. The zero-order chi connectivity index (χ0) is 28.5. The zero-order valence-corrected chi connectivity index (χ0v) is 24.8. The SMILES string of the molecule is CCCC(=O)N(Cc1ccc(Cl)cc1)[C@@H]1CC(C(=O)NCCO)=C[C@H](Oc2c(I)cc(CO)cc2OC)[C@H]1O. The van der Waals surface area contributed by atoms with Crippen LogP contribution in [0.4, 0.5) is 0 Å². The van der Waals surface area contributed by atoms with Crippen LogP contribution >= 0.6 is 34.2 Å². The summed E-state index contributed by atoms with van der Waals surface area (Å²) in [6, 6.07) is 9.71. The Kier molecular flexibility index (Phi) is 11.9. The van der Waals surface area contributed by atoms with Crippen molar-refractivity contribution < 1.29 is 34.4 Å². The van der Waals surface area contributed by atoms with Crippen molar-refractivity contribution in [1.29, 1.82) is 0 Å². The van der Waals surface area contributed by atoms with Crippen molar-refractivity contribution in [3.05, 3.63) is 67.8 Å². The summed E-state index contributed by atoms with van der Waals surface area (Å²) in [6.45, 7) is 1.76. The second kappa shape index (κ2) is 14.8. The van der Waals surface area contributed by atoms with E-state index in [0.29, 0.717) is 37.6 Å². The molecule has 39 heavy (non-hydrogen) atoms. The van der Waals surface area contributed by atoms with Crippen molar-refractivity contribution in [3.8, 4) is 11.5 Å². The van der Waals surface area contributed by atoms with E-state index in [4.69, 9.17) is 21.1 Å². The first-order valence-electron chi connectivity index (χ1n) is 12.7. The molecule has 0 saturated heterocycles. The Bertz CT molecular complexity index is 1180. The van der Waals surface area contributed by atoms with Gasteiger partial charge in [0.2, 0.25) is 11.8 Å². The second-order valence-corrected chi connectivity index (χ2v) is 10.8. The number of aliphatic hydroxyl groups is 3. The van der Waals surface area contributed by atoms with Crippen LogP contribution in [0.15, 0.2) is 48.0 Å². The number of carbonyl (C=O) groups excluding carboxylic acids is 2. The van der Waals surface area contributed by atoms with E-state index in [1.54, 1.807) is 35.2 Å². The number of halogens is 2. The number of nitrogens with zero attached hydrogens (tertiary/aromatic N) is 1. The number of amides is 2. The molecule has 1 aliphatic rings. The van der Waals surface area contributed by atoms with E-state index >= 15 is 0 Å². The maximum Gasteiger partial charge on any atom is 0.247 e. The lowest BCUT2D eigenvalue weighted by molar-refractivity contribution is -0.139. The molecule has 3 atom stereocenters. The van der Waals surface area contributed by atoms with Crippen LogP contribution < -0.4 is 14.8 Å². The van der Waals surface area contributed by atoms with Gasteiger partial charge in [-0.05, 0) is 70.5 Å². The van der Waals surface area contributed by atoms with Gasteiger partial charge in [0.1, 0.15) is 12.2 Å². The second-order valence-electron chi connectivity index (χ2n) is 9.18. The maximum absolute atomic E-state index is 13.3. The first-order chi connectivity index (χ1) is 18.7. The molecule has 2 amide bonds. The number of hydrogen-bond acceptors (Lipinski definition) is 7. The molecule has 0 fully saturated rings. The molecular formula is C28H34ClIN2O7. The molecule has 0 aromatic heterocycles. The molecule has 11 heteroatoms. The van der Waals surface area contributed by atoms with Crippen LogP contribution in [0.25, 0.3) is 0 Å². The van der Waals surface area contributed by atoms with Gasteiger partial charge >= 0.3 is 0 Å². The molecule has 2 aromatic carbocycles. The van der Waals surface area contributed by atoms with Crippen LogP contribution in [0.3, 0.4) is 0 Å². The summed E-state index contributed by atoms with van der Waals surface area (Å²) >= 11 is 8.10. The Morgan fingerprint density at radius 1 is 1.18 bits per heavy atom. The molecule has 0 saturated carbocycles. The molecule has 3 rings (SSSR count). The standard InChI is InChI=1S/C28H34ClIN2O7/c1-3-4-25(35)32(15-17-5-7-20(29)8-6-17)22-13-19(28(37)31-9-10-33)14-23(26(22)36)39-27-21(30)11-18(16-34)12-24(27)38-2/h5-8,11-12,14,22-23,26,33-34,36H,3-4,9-10,13,15-16H2,1-2H3,(H,31,37)/t22-,23+,26+/m1/s1. The third-order valence-electron chi connectivity index (χ3n) is 6.39. The van der Waals surface area contributed by atoms with E-state index in [9.17, 15) is 24.9 Å². The van der Waals surface area contributed by atoms with Gasteiger partial charge < -0.3 is 35.0 Å². The zero-order valence-electron chi connectivity index (χ0n) is 21.9. The molecule has 1 aliphatic carbocycles. The Hall–Kier alpha value is -2.38. The third-order valence-corrected chi connectivity index (χ3v) is 7.44. The van der Waals surface area contributed by atoms with Crippen LogP contribution in [0.2, 0.25) is 5.02 Å². The minimum atomic E-state index is -1.18. The van der Waals surface area contributed by atoms with E-state index in [1.807, 2.05) is 19.1 Å². The molecular weight excluding hydrogens is 639 g/mol. The molecule has 0 radical (unpaired) electrons. The molecule has 0 unspecified atom stereocenters. The van der Waals surface area contributed by atoms with Gasteiger partial charge in [0.15, 0.2) is 11.5 Å². The number of aliphatic hydroxyl groups excluding tert-OH is 3. The molecule has 212 valence electrons. The first-order valence-corrected chi connectivity index (χ1v) is 14.1. The molecule has 0 aliphatic heterocycles. The van der Waals surface area contributed by atoms with Gasteiger partial charge in [0.05, 0.1) is 29.9 Å². The van der Waals surface area contributed by atoms with Gasteiger partial charge in [0.25, 0.3) is 0 Å². The number of benzene rings is 2. The Morgan fingerprint density at radius 3 is 2.51 bits per heavy atom. The number of hydrogen-bond donors (Lipinski definition) is 4. The fourth-order valence-electron chi connectivity index (χ4n) is 4.43. The highest BCUT2D eigenvalue weighted by Gasteiger charge is 2.40. The van der Waals surface area contributed by atoms with Crippen LogP contribution in [0.5, 0.6) is 11.5 Å². The summed E-state index contributed by atoms with van der Waals surface area (Å²) < 4.78 is 12.4. The van der Waals surface area contributed by atoms with Gasteiger partial charge in [-0.2, -0.15) is 0 Å². The summed E-state index contributed by atoms with van der Waals surface area (Å²) in [7, 11) is 1.47. The van der Waals surface area contributed by atoms with Crippen LogP contribution in [-0.2, 0) is 22.7 Å². The lowest BCUT2D eigenvalue weighted by atomic mass is 9.87. The minimum Gasteiger partial charge on any atom is -0.493 e. The smallest absolute Gasteiger partial charge is 0.247 e. The van der Waals surface area contributed by atoms with E-state index in [2.05, 4.69) is 27.9 Å². The highest BCUT2D eigenvalue weighted by molar-refractivity contribution is 14.1. The van der Waals surface area contributed by atoms with Crippen molar-refractivity contribution >= 4 is 46.0 Å². The number of ether oxygens (including phenoxy) is 2. The fraction of sp³-hybridized carbons (Fsp3) is 0.429. The summed E-state index contributed by atoms with van der Waals surface area (Å²) in [5.41, 5.74) is 1.78. The predicted octanol–water partition coefficient (Wildman–Crippen LogP) is 3.19. The molecule has 2 aromatic rings. The average molecular weight is 673 g/mol. The predicted molar refractivity (Wildman–Crippen MR) is 156 cm³/mol. The maximum atomic E-state index is 13.3. The van der Waals surface area contributed by atoms with Crippen molar-refractivity contribution in [3.63, 3.8) is 0 Å². The van der Waals surface area contributed by atoms with Gasteiger partial charge in [-0.25, -0.2) is 0 Å². The normalized spacial score (nSPS) is 18.7. The number of nitrogens with one attached hydrogen (secondary N) is 1. The van der Waals surface area contributed by atoms with E-state index < -0.39 is 24.2 Å². The van der Waals surface area contributed by atoms with Gasteiger partial charge in [0, 0.05) is 36.5 Å². The van der Waals surface area contributed by atoms with Crippen molar-refractivity contribution in [1.82, 2.24) is 10.2 Å². The van der Waals surface area contributed by atoms with Crippen LogP contribution in [-0.4, -0.2) is 70.5 Å². The molecule has 0 spiro atoms. The molecule has 9 nitrogen and oxygen atoms in total. The highest BCUT2D eigenvalue weighted by atomic mass is 127. The van der Waals surface area contributed by atoms with Crippen LogP contribution in [0, 0.1) is 3.57 Å². The van der Waals surface area contributed by atoms with E-state index in [1.165, 1.54) is 7.11 Å². The summed E-state index contributed by atoms with van der Waals surface area (Å²) in [5.74, 6) is 0.128. The largest absolute Gasteiger partial charge is 0.493 e. The molecule has 0 heterocycles. The van der Waals surface area contributed by atoms with E-state index in [-0.39, 0.29) is 45.1 Å². The topological polar surface area (TPSA) is 129 Å². The van der Waals surface area contributed by atoms with Crippen LogP contribution in [0.1, 0.15) is 37.3 Å². The average Bonchev–Trinajstić information content (AvgIpc) is 2.93. The Balaban J connectivity index is 2.02. The summed E-state index contributed by atoms with van der Waals surface area (Å²) in [5, 5.41) is 33.6. The molecule has 0 bridgehead atoms. The number of carbonyl (C=O) groups is 2. The van der Waals surface area contributed by atoms with Gasteiger partial charge in [-0.1, -0.05) is 30.7 Å². The molecule has 4 N–H and O–H groups in total. The van der Waals surface area contributed by atoms with Crippen molar-refractivity contribution in [2.24, 2.45) is 0 Å². The lowest BCUT2D eigenvalue weighted by Crippen LogP contribution is -2.54. The lowest BCUT2D eigenvalue weighted by Gasteiger charge is -2.40. The van der Waals surface area contributed by atoms with Gasteiger partial charge in [-0.15, -0.1) is 0 Å². The van der Waals surface area contributed by atoms with Crippen molar-refractivity contribution in [2.75, 3.05) is 20.3 Å². The number of rotatable bonds is 12. The Labute approximate surface area is 246 Å². The van der Waals surface area contributed by atoms with E-state index in [0.717, 1.165) is 5.56 Å². The fourth-order valence-corrected chi connectivity index (χ4v) is 5.35. The third kappa shape index (κ3) is 8.07. The quantitative estimate of drug-likeness (QED) is 0.255. The first kappa shape index (κ1) is 31.2.